The van der Waals surface area contributed by atoms with E-state index in [1.54, 1.807) is 12.1 Å². The minimum atomic E-state index is -0.781. The van der Waals surface area contributed by atoms with Crippen molar-refractivity contribution in [2.75, 3.05) is 26.2 Å². The number of hydrogen-bond donors (Lipinski definition) is 3. The molecule has 2 aromatic carbocycles. The van der Waals surface area contributed by atoms with Crippen molar-refractivity contribution in [3.63, 3.8) is 0 Å². The number of guanidine groups is 1. The highest BCUT2D eigenvalue weighted by Gasteiger charge is 2.07. The second-order valence-electron chi connectivity index (χ2n) is 5.38. The summed E-state index contributed by atoms with van der Waals surface area (Å²) in [6.45, 7) is 3.93. The van der Waals surface area contributed by atoms with Gasteiger partial charge in [0.05, 0.1) is 19.2 Å². The molecular weight excluding hydrogens is 321 g/mol. The molecule has 2 rings (SSSR count). The van der Waals surface area contributed by atoms with Crippen molar-refractivity contribution >= 4 is 5.96 Å². The average Bonchev–Trinajstić information content (AvgIpc) is 2.64. The van der Waals surface area contributed by atoms with Gasteiger partial charge in [0, 0.05) is 6.54 Å². The van der Waals surface area contributed by atoms with E-state index in [0.717, 1.165) is 5.75 Å². The molecule has 2 aromatic rings. The number of aliphatic hydroxyl groups excluding tert-OH is 1. The van der Waals surface area contributed by atoms with Gasteiger partial charge < -0.3 is 20.5 Å². The number of para-hydroxylation sites is 1. The fourth-order valence-corrected chi connectivity index (χ4v) is 2.16. The largest absolute Gasteiger partial charge is 0.492 e. The molecule has 1 unspecified atom stereocenters. The lowest BCUT2D eigenvalue weighted by Crippen LogP contribution is -2.39. The smallest absolute Gasteiger partial charge is 0.191 e. The number of ether oxygens (including phenoxy) is 1. The summed E-state index contributed by atoms with van der Waals surface area (Å²) in [5, 5.41) is 16.4. The molecule has 0 spiro atoms. The Morgan fingerprint density at radius 3 is 2.52 bits per heavy atom. The van der Waals surface area contributed by atoms with Gasteiger partial charge in [0.1, 0.15) is 18.2 Å². The molecule has 0 aromatic heterocycles. The van der Waals surface area contributed by atoms with Gasteiger partial charge in [-0.2, -0.15) is 0 Å². The van der Waals surface area contributed by atoms with E-state index in [9.17, 15) is 9.50 Å². The number of nitrogens with zero attached hydrogens (tertiary/aromatic N) is 1. The quantitative estimate of drug-likeness (QED) is 0.391. The zero-order valence-corrected chi connectivity index (χ0v) is 14.3. The number of halogens is 1. The third-order valence-electron chi connectivity index (χ3n) is 3.43. The zero-order chi connectivity index (χ0) is 17.9. The predicted octanol–water partition coefficient (Wildman–Crippen LogP) is 2.49. The van der Waals surface area contributed by atoms with Crippen molar-refractivity contribution in [3.05, 3.63) is 66.0 Å². The highest BCUT2D eigenvalue weighted by Crippen LogP contribution is 2.13. The number of aliphatic hydroxyl groups is 1. The molecule has 0 aliphatic carbocycles. The molecule has 0 saturated carbocycles. The maximum atomic E-state index is 12.9. The first-order valence-corrected chi connectivity index (χ1v) is 8.32. The number of benzene rings is 2. The second-order valence-corrected chi connectivity index (χ2v) is 5.38. The molecule has 0 bridgehead atoms. The topological polar surface area (TPSA) is 65.9 Å². The molecule has 1 atom stereocenters. The minimum Gasteiger partial charge on any atom is -0.492 e. The molecule has 3 N–H and O–H groups in total. The Hall–Kier alpha value is -2.60. The van der Waals surface area contributed by atoms with Gasteiger partial charge in [0.2, 0.25) is 0 Å². The molecule has 0 aliphatic heterocycles. The molecule has 6 heteroatoms. The first kappa shape index (κ1) is 18.7. The maximum absolute atomic E-state index is 12.9. The van der Waals surface area contributed by atoms with Crippen LogP contribution in [0, 0.1) is 5.82 Å². The molecule has 0 fully saturated rings. The summed E-state index contributed by atoms with van der Waals surface area (Å²) < 4.78 is 18.5. The van der Waals surface area contributed by atoms with Gasteiger partial charge in [0.25, 0.3) is 0 Å². The lowest BCUT2D eigenvalue weighted by molar-refractivity contribution is 0.187. The van der Waals surface area contributed by atoms with E-state index in [1.165, 1.54) is 12.1 Å². The minimum absolute atomic E-state index is 0.181. The molecule has 134 valence electrons. The third-order valence-corrected chi connectivity index (χ3v) is 3.43. The van der Waals surface area contributed by atoms with E-state index in [1.807, 2.05) is 37.3 Å². The van der Waals surface area contributed by atoms with Crippen LogP contribution in [0.15, 0.2) is 59.6 Å². The van der Waals surface area contributed by atoms with E-state index < -0.39 is 6.10 Å². The Morgan fingerprint density at radius 1 is 1.12 bits per heavy atom. The number of nitrogens with one attached hydrogen (secondary N) is 2. The Bertz CT molecular complexity index is 647. The van der Waals surface area contributed by atoms with Gasteiger partial charge in [-0.25, -0.2) is 4.39 Å². The molecule has 0 radical (unpaired) electrons. The normalized spacial score (nSPS) is 12.5. The van der Waals surface area contributed by atoms with Crippen molar-refractivity contribution < 1.29 is 14.2 Å². The summed E-state index contributed by atoms with van der Waals surface area (Å²) in [7, 11) is 0. The van der Waals surface area contributed by atoms with E-state index in [4.69, 9.17) is 4.74 Å². The van der Waals surface area contributed by atoms with Crippen molar-refractivity contribution in [1.82, 2.24) is 10.6 Å². The van der Waals surface area contributed by atoms with Crippen LogP contribution in [-0.2, 0) is 0 Å². The van der Waals surface area contributed by atoms with E-state index in [0.29, 0.717) is 31.2 Å². The van der Waals surface area contributed by atoms with Crippen LogP contribution in [0.2, 0.25) is 0 Å². The highest BCUT2D eigenvalue weighted by atomic mass is 19.1. The van der Waals surface area contributed by atoms with Crippen LogP contribution in [0.25, 0.3) is 0 Å². The fourth-order valence-electron chi connectivity index (χ4n) is 2.16. The van der Waals surface area contributed by atoms with Crippen LogP contribution in [-0.4, -0.2) is 37.3 Å². The van der Waals surface area contributed by atoms with Gasteiger partial charge in [-0.3, -0.25) is 4.99 Å². The molecule has 25 heavy (non-hydrogen) atoms. The molecular formula is C19H24FN3O2. The predicted molar refractivity (Wildman–Crippen MR) is 97.3 cm³/mol. The van der Waals surface area contributed by atoms with Crippen molar-refractivity contribution in [2.45, 2.75) is 13.0 Å². The van der Waals surface area contributed by atoms with E-state index in [-0.39, 0.29) is 12.4 Å². The van der Waals surface area contributed by atoms with Crippen LogP contribution in [0.4, 0.5) is 4.39 Å². The van der Waals surface area contributed by atoms with Crippen LogP contribution in [0.1, 0.15) is 18.6 Å². The molecule has 0 heterocycles. The van der Waals surface area contributed by atoms with E-state index in [2.05, 4.69) is 15.6 Å². The van der Waals surface area contributed by atoms with Crippen molar-refractivity contribution in [1.29, 1.82) is 0 Å². The van der Waals surface area contributed by atoms with Crippen LogP contribution >= 0.6 is 0 Å². The Balaban J connectivity index is 1.80. The van der Waals surface area contributed by atoms with Gasteiger partial charge in [-0.05, 0) is 36.8 Å². The first-order chi connectivity index (χ1) is 12.2. The summed E-state index contributed by atoms with van der Waals surface area (Å²) >= 11 is 0. The molecule has 0 aliphatic rings. The summed E-state index contributed by atoms with van der Waals surface area (Å²) in [6, 6.07) is 15.4. The number of aliphatic imine (C=N–C) groups is 1. The first-order valence-electron chi connectivity index (χ1n) is 8.32. The second kappa shape index (κ2) is 10.3. The van der Waals surface area contributed by atoms with Gasteiger partial charge >= 0.3 is 0 Å². The Kier molecular flexibility index (Phi) is 7.72. The lowest BCUT2D eigenvalue weighted by atomic mass is 10.1. The molecule has 0 amide bonds. The van der Waals surface area contributed by atoms with Gasteiger partial charge in [-0.1, -0.05) is 30.3 Å². The van der Waals surface area contributed by atoms with Crippen LogP contribution < -0.4 is 15.4 Å². The summed E-state index contributed by atoms with van der Waals surface area (Å²) in [6.07, 6.45) is -0.781. The van der Waals surface area contributed by atoms with Crippen molar-refractivity contribution in [3.8, 4) is 5.75 Å². The zero-order valence-electron chi connectivity index (χ0n) is 14.3. The number of rotatable bonds is 8. The third kappa shape index (κ3) is 6.81. The average molecular weight is 345 g/mol. The molecule has 5 nitrogen and oxygen atoms in total. The fraction of sp³-hybridized carbons (Fsp3) is 0.316. The highest BCUT2D eigenvalue weighted by molar-refractivity contribution is 5.79. The van der Waals surface area contributed by atoms with Crippen molar-refractivity contribution in [2.24, 2.45) is 4.99 Å². The standard InChI is InChI=1S/C19H24FN3O2/c1-2-21-19(22-12-13-25-17-6-4-3-5-7-17)23-14-18(24)15-8-10-16(20)11-9-15/h3-11,18,24H,2,12-14H2,1H3,(H2,21,22,23). The Labute approximate surface area is 147 Å². The number of hydrogen-bond acceptors (Lipinski definition) is 3. The van der Waals surface area contributed by atoms with Gasteiger partial charge in [-0.15, -0.1) is 0 Å². The lowest BCUT2D eigenvalue weighted by Gasteiger charge is -2.14. The Morgan fingerprint density at radius 2 is 1.84 bits per heavy atom. The summed E-state index contributed by atoms with van der Waals surface area (Å²) in [4.78, 5) is 4.35. The van der Waals surface area contributed by atoms with Crippen LogP contribution in [0.3, 0.4) is 0 Å². The monoisotopic (exact) mass is 345 g/mol. The van der Waals surface area contributed by atoms with Gasteiger partial charge in [0.15, 0.2) is 5.96 Å². The molecule has 0 saturated heterocycles. The summed E-state index contributed by atoms with van der Waals surface area (Å²) in [5.74, 6) is 1.09. The van der Waals surface area contributed by atoms with Crippen LogP contribution in [0.5, 0.6) is 5.75 Å². The maximum Gasteiger partial charge on any atom is 0.191 e. The van der Waals surface area contributed by atoms with E-state index >= 15 is 0 Å². The summed E-state index contributed by atoms with van der Waals surface area (Å²) in [5.41, 5.74) is 0.633. The SMILES string of the molecule is CCNC(=NCC(O)c1ccc(F)cc1)NCCOc1ccccc1.